The lowest BCUT2D eigenvalue weighted by molar-refractivity contribution is 0.149. The van der Waals surface area contributed by atoms with Crippen LogP contribution < -0.4 is 5.90 Å². The molecule has 0 atom stereocenters. The zero-order valence-electron chi connectivity index (χ0n) is 8.55. The van der Waals surface area contributed by atoms with E-state index in [1.165, 1.54) is 0 Å². The second-order valence-corrected chi connectivity index (χ2v) is 5.54. The van der Waals surface area contributed by atoms with E-state index in [-0.39, 0.29) is 0 Å². The van der Waals surface area contributed by atoms with Crippen molar-refractivity contribution in [2.45, 2.75) is 51.6 Å². The van der Waals surface area contributed by atoms with Gasteiger partial charge in [0.1, 0.15) is 0 Å². The fourth-order valence-electron chi connectivity index (χ4n) is 1.69. The number of hydrogen-bond donors (Lipinski definition) is 1. The Labute approximate surface area is 76.5 Å². The molecule has 0 aromatic rings. The summed E-state index contributed by atoms with van der Waals surface area (Å²) in [5.41, 5.74) is 0. The molecule has 0 aromatic heterocycles. The first-order valence-corrected chi connectivity index (χ1v) is 6.52. The minimum Gasteiger partial charge on any atom is -0.314 e. The SMILES string of the molecule is CCC(CC)(CC)/[Si](C)=N/ON. The molecule has 4 heteroatoms. The Morgan fingerprint density at radius 2 is 1.67 bits per heavy atom. The van der Waals surface area contributed by atoms with Gasteiger partial charge >= 0.3 is 0 Å². The molecule has 3 nitrogen and oxygen atoms in total. The van der Waals surface area contributed by atoms with Crippen molar-refractivity contribution in [3.63, 3.8) is 0 Å². The van der Waals surface area contributed by atoms with Crippen LogP contribution in [-0.2, 0) is 4.94 Å². The van der Waals surface area contributed by atoms with E-state index in [9.17, 15) is 0 Å². The fourth-order valence-corrected chi connectivity index (χ4v) is 3.58. The summed E-state index contributed by atoms with van der Waals surface area (Å²) in [4.78, 5) is 8.37. The Balaban J connectivity index is 4.58. The van der Waals surface area contributed by atoms with Crippen LogP contribution in [0.3, 0.4) is 0 Å². The average molecular weight is 188 g/mol. The van der Waals surface area contributed by atoms with E-state index < -0.39 is 8.59 Å². The van der Waals surface area contributed by atoms with Gasteiger partial charge in [0.2, 0.25) is 0 Å². The fraction of sp³-hybridized carbons (Fsp3) is 1.00. The molecule has 0 amide bonds. The van der Waals surface area contributed by atoms with Crippen LogP contribution in [-0.4, -0.2) is 8.59 Å². The van der Waals surface area contributed by atoms with Crippen molar-refractivity contribution in [1.29, 1.82) is 0 Å². The van der Waals surface area contributed by atoms with Crippen molar-refractivity contribution in [3.8, 4) is 0 Å². The van der Waals surface area contributed by atoms with Gasteiger partial charge in [0.15, 0.2) is 8.59 Å². The van der Waals surface area contributed by atoms with Crippen LogP contribution >= 0.6 is 0 Å². The molecule has 0 aliphatic rings. The van der Waals surface area contributed by atoms with Gasteiger partial charge in [0.05, 0.1) is 0 Å². The smallest absolute Gasteiger partial charge is 0.186 e. The third-order valence-electron chi connectivity index (χ3n) is 2.99. The topological polar surface area (TPSA) is 47.6 Å². The molecule has 0 saturated carbocycles. The van der Waals surface area contributed by atoms with Crippen molar-refractivity contribution >= 4 is 8.59 Å². The van der Waals surface area contributed by atoms with Crippen molar-refractivity contribution in [3.05, 3.63) is 0 Å². The molecular weight excluding hydrogens is 168 g/mol. The summed E-state index contributed by atoms with van der Waals surface area (Å²) in [6.45, 7) is 8.81. The summed E-state index contributed by atoms with van der Waals surface area (Å²) in [7, 11) is -0.813. The zero-order chi connectivity index (χ0) is 9.61. The maximum Gasteiger partial charge on any atom is 0.186 e. The van der Waals surface area contributed by atoms with Gasteiger partial charge in [-0.3, -0.25) is 0 Å². The normalized spacial score (nSPS) is 13.2. The first-order chi connectivity index (χ1) is 5.66. The van der Waals surface area contributed by atoms with Crippen LogP contribution in [0.4, 0.5) is 0 Å². The lowest BCUT2D eigenvalue weighted by Crippen LogP contribution is -2.22. The molecule has 0 aromatic carbocycles. The first kappa shape index (κ1) is 11.8. The molecule has 0 rings (SSSR count). The predicted octanol–water partition coefficient (Wildman–Crippen LogP) is 2.65. The third-order valence-corrected chi connectivity index (χ3v) is 5.96. The highest BCUT2D eigenvalue weighted by Gasteiger charge is 2.29. The summed E-state index contributed by atoms with van der Waals surface area (Å²) < 4.78 is 0. The largest absolute Gasteiger partial charge is 0.314 e. The minimum absolute atomic E-state index is 0.365. The monoisotopic (exact) mass is 188 g/mol. The van der Waals surface area contributed by atoms with E-state index in [1.54, 1.807) is 0 Å². The maximum absolute atomic E-state index is 4.95. The summed E-state index contributed by atoms with van der Waals surface area (Å²) >= 11 is 0. The van der Waals surface area contributed by atoms with Gasteiger partial charge in [0.25, 0.3) is 0 Å². The second-order valence-electron chi connectivity index (χ2n) is 3.12. The number of nitrogens with zero attached hydrogens (tertiary/aromatic N) is 1. The molecule has 2 N–H and O–H groups in total. The van der Waals surface area contributed by atoms with Crippen molar-refractivity contribution in [1.82, 2.24) is 0 Å². The molecule has 12 heavy (non-hydrogen) atoms. The minimum atomic E-state index is -0.813. The lowest BCUT2D eigenvalue weighted by atomic mass is 9.99. The standard InChI is InChI=1S/C8H20N2OSi/c1-5-8(6-2,7-3)12(4)10-11-9/h5-7,9H2,1-4H3/b12-10+. The van der Waals surface area contributed by atoms with Crippen molar-refractivity contribution in [2.75, 3.05) is 0 Å². The Bertz CT molecular complexity index is 147. The summed E-state index contributed by atoms with van der Waals surface area (Å²) in [6.07, 6.45) is 3.49. The Morgan fingerprint density at radius 3 is 1.92 bits per heavy atom. The van der Waals surface area contributed by atoms with Gasteiger partial charge in [-0.25, -0.2) is 0 Å². The lowest BCUT2D eigenvalue weighted by Gasteiger charge is -2.28. The molecule has 0 bridgehead atoms. The molecule has 0 fully saturated rings. The van der Waals surface area contributed by atoms with Crippen LogP contribution in [0.25, 0.3) is 0 Å². The molecule has 0 aliphatic heterocycles. The van der Waals surface area contributed by atoms with Crippen molar-refractivity contribution in [2.24, 2.45) is 10.7 Å². The molecule has 0 saturated heterocycles. The molecule has 72 valence electrons. The molecule has 0 unspecified atom stereocenters. The van der Waals surface area contributed by atoms with Gasteiger partial charge < -0.3 is 4.94 Å². The van der Waals surface area contributed by atoms with Gasteiger partial charge in [-0.15, -0.1) is 10.7 Å². The van der Waals surface area contributed by atoms with Crippen LogP contribution in [0.5, 0.6) is 0 Å². The number of rotatable bonds is 5. The van der Waals surface area contributed by atoms with E-state index >= 15 is 0 Å². The summed E-state index contributed by atoms with van der Waals surface area (Å²) in [5, 5.41) is 0.365. The van der Waals surface area contributed by atoms with E-state index in [0.717, 1.165) is 19.3 Å². The Hall–Kier alpha value is -0.223. The van der Waals surface area contributed by atoms with E-state index in [2.05, 4.69) is 37.1 Å². The van der Waals surface area contributed by atoms with E-state index in [0.29, 0.717) is 5.04 Å². The Kier molecular flexibility index (Phi) is 5.33. The number of nitrogens with two attached hydrogens (primary N) is 1. The maximum atomic E-state index is 4.95. The van der Waals surface area contributed by atoms with Crippen molar-refractivity contribution < 1.29 is 4.94 Å². The molecule has 0 aliphatic carbocycles. The summed E-state index contributed by atoms with van der Waals surface area (Å²) in [6, 6.07) is 0. The van der Waals surface area contributed by atoms with Crippen LogP contribution in [0.2, 0.25) is 11.6 Å². The molecule has 0 radical (unpaired) electrons. The zero-order valence-corrected chi connectivity index (χ0v) is 9.55. The van der Waals surface area contributed by atoms with E-state index in [4.69, 9.17) is 5.90 Å². The van der Waals surface area contributed by atoms with E-state index in [1.807, 2.05) is 0 Å². The number of hydrogen-bond acceptors (Lipinski definition) is 3. The second kappa shape index (κ2) is 5.43. The summed E-state index contributed by atoms with van der Waals surface area (Å²) in [5.74, 6) is 4.95. The quantitative estimate of drug-likeness (QED) is 0.532. The highest BCUT2D eigenvalue weighted by atomic mass is 28.2. The Morgan fingerprint density at radius 1 is 1.25 bits per heavy atom. The van der Waals surface area contributed by atoms with Crippen LogP contribution in [0, 0.1) is 0 Å². The third kappa shape index (κ3) is 2.38. The predicted molar refractivity (Wildman–Crippen MR) is 52.9 cm³/mol. The van der Waals surface area contributed by atoms with Crippen LogP contribution in [0.15, 0.2) is 4.80 Å². The highest BCUT2D eigenvalue weighted by molar-refractivity contribution is 6.48. The molecule has 0 heterocycles. The van der Waals surface area contributed by atoms with Gasteiger partial charge in [-0.1, -0.05) is 20.8 Å². The highest BCUT2D eigenvalue weighted by Crippen LogP contribution is 2.39. The molecular formula is C8H20N2OSi. The average Bonchev–Trinajstić information content (AvgIpc) is 2.09. The van der Waals surface area contributed by atoms with Gasteiger partial charge in [-0.2, -0.15) is 0 Å². The van der Waals surface area contributed by atoms with Gasteiger partial charge in [-0.05, 0) is 30.8 Å². The molecule has 0 spiro atoms. The van der Waals surface area contributed by atoms with Gasteiger partial charge in [0, 0.05) is 0 Å². The van der Waals surface area contributed by atoms with Crippen LogP contribution in [0.1, 0.15) is 40.0 Å². The first-order valence-electron chi connectivity index (χ1n) is 4.57.